The van der Waals surface area contributed by atoms with Gasteiger partial charge >= 0.3 is 0 Å². The van der Waals surface area contributed by atoms with Crippen molar-refractivity contribution in [2.24, 2.45) is 0 Å². The molecule has 0 aliphatic heterocycles. The summed E-state index contributed by atoms with van der Waals surface area (Å²) in [6.07, 6.45) is 0. The molecule has 0 bridgehead atoms. The minimum absolute atomic E-state index is 0.483. The smallest absolute Gasteiger partial charge is 0.160 e. The highest BCUT2D eigenvalue weighted by Gasteiger charge is 2.17. The van der Waals surface area contributed by atoms with Crippen molar-refractivity contribution in [3.05, 3.63) is 36.4 Å². The Morgan fingerprint density at radius 1 is 0.667 bits per heavy atom. The fraction of sp³-hybridized carbons (Fsp3) is 0.333. The molecule has 0 unspecified atom stereocenters. The molecule has 2 rings (SSSR count). The lowest BCUT2D eigenvalue weighted by atomic mass is 10.3. The zero-order chi connectivity index (χ0) is 17.5. The number of para-hydroxylation sites is 2. The zero-order valence-electron chi connectivity index (χ0n) is 15.1. The molecule has 2 aromatic rings. The first-order chi connectivity index (χ1) is 11.6. The SMILES string of the molecule is COc1cccc([SiH2]C(C)[SiH2]c2cccc(OC)c2OC)c1OC. The summed E-state index contributed by atoms with van der Waals surface area (Å²) in [6.45, 7) is 2.34. The van der Waals surface area contributed by atoms with Crippen LogP contribution >= 0.6 is 0 Å². The molecule has 2 aromatic carbocycles. The monoisotopic (exact) mass is 362 g/mol. The molecular weight excluding hydrogens is 336 g/mol. The normalized spacial score (nSPS) is 12.7. The third kappa shape index (κ3) is 4.13. The van der Waals surface area contributed by atoms with Crippen molar-refractivity contribution < 1.29 is 18.9 Å². The molecule has 0 aliphatic rings. The molecule has 0 aromatic heterocycles. The molecule has 0 heterocycles. The van der Waals surface area contributed by atoms with Crippen LogP contribution in [0.4, 0.5) is 0 Å². The van der Waals surface area contributed by atoms with Gasteiger partial charge in [-0.1, -0.05) is 36.4 Å². The van der Waals surface area contributed by atoms with Crippen LogP contribution in [0.2, 0.25) is 5.16 Å². The minimum Gasteiger partial charge on any atom is -0.493 e. The number of hydrogen-bond acceptors (Lipinski definition) is 4. The molecule has 4 nitrogen and oxygen atoms in total. The average Bonchev–Trinajstić information content (AvgIpc) is 2.60. The molecule has 130 valence electrons. The van der Waals surface area contributed by atoms with Gasteiger partial charge in [0.2, 0.25) is 0 Å². The van der Waals surface area contributed by atoms with Crippen molar-refractivity contribution in [1.82, 2.24) is 0 Å². The number of rotatable bonds is 8. The Hall–Kier alpha value is -1.93. The van der Waals surface area contributed by atoms with Gasteiger partial charge in [-0.05, 0) is 22.5 Å². The molecule has 0 N–H and O–H groups in total. The van der Waals surface area contributed by atoms with Crippen molar-refractivity contribution in [3.63, 3.8) is 0 Å². The quantitative estimate of drug-likeness (QED) is 0.650. The Morgan fingerprint density at radius 3 is 1.42 bits per heavy atom. The molecule has 6 heteroatoms. The summed E-state index contributed by atoms with van der Waals surface area (Å²) in [5.74, 6) is 3.42. The van der Waals surface area contributed by atoms with Crippen molar-refractivity contribution in [3.8, 4) is 23.0 Å². The third-order valence-corrected chi connectivity index (χ3v) is 9.22. The molecule has 0 saturated heterocycles. The molecule has 0 spiro atoms. The summed E-state index contributed by atoms with van der Waals surface area (Å²) in [4.78, 5) is 0. The van der Waals surface area contributed by atoms with E-state index in [2.05, 4.69) is 19.1 Å². The van der Waals surface area contributed by atoms with Crippen LogP contribution in [-0.4, -0.2) is 47.5 Å². The van der Waals surface area contributed by atoms with Crippen LogP contribution in [0.25, 0.3) is 0 Å². The van der Waals surface area contributed by atoms with Gasteiger partial charge in [0, 0.05) is 0 Å². The van der Waals surface area contributed by atoms with Crippen molar-refractivity contribution >= 4 is 29.4 Å². The van der Waals surface area contributed by atoms with Crippen LogP contribution < -0.4 is 29.3 Å². The van der Waals surface area contributed by atoms with Gasteiger partial charge in [-0.3, -0.25) is 0 Å². The summed E-state index contributed by atoms with van der Waals surface area (Å²) in [7, 11) is 5.82. The highest BCUT2D eigenvalue weighted by Crippen LogP contribution is 2.26. The predicted molar refractivity (Wildman–Crippen MR) is 105 cm³/mol. The van der Waals surface area contributed by atoms with Gasteiger partial charge in [-0.15, -0.1) is 0 Å². The Labute approximate surface area is 148 Å². The second kappa shape index (κ2) is 8.79. The van der Waals surface area contributed by atoms with Gasteiger partial charge in [-0.25, -0.2) is 0 Å². The highest BCUT2D eigenvalue weighted by atomic mass is 28.3. The van der Waals surface area contributed by atoms with Crippen molar-refractivity contribution in [2.45, 2.75) is 12.1 Å². The summed E-state index contributed by atoms with van der Waals surface area (Å²) >= 11 is 0. The molecule has 24 heavy (non-hydrogen) atoms. The first kappa shape index (κ1) is 18.4. The fourth-order valence-electron chi connectivity index (χ4n) is 3.05. The molecular formula is C18H26O4Si2. The summed E-state index contributed by atoms with van der Waals surface area (Å²) < 4.78 is 22.0. The van der Waals surface area contributed by atoms with Crippen LogP contribution in [-0.2, 0) is 0 Å². The Bertz CT molecular complexity index is 619. The van der Waals surface area contributed by atoms with E-state index in [1.54, 1.807) is 28.4 Å². The third-order valence-electron chi connectivity index (χ3n) is 4.11. The van der Waals surface area contributed by atoms with Gasteiger partial charge in [0.25, 0.3) is 0 Å². The van der Waals surface area contributed by atoms with E-state index in [1.165, 1.54) is 10.4 Å². The van der Waals surface area contributed by atoms with Crippen LogP contribution in [0.1, 0.15) is 6.92 Å². The maximum absolute atomic E-state index is 5.58. The van der Waals surface area contributed by atoms with E-state index >= 15 is 0 Å². The van der Waals surface area contributed by atoms with Gasteiger partial charge in [0.15, 0.2) is 23.0 Å². The van der Waals surface area contributed by atoms with Crippen molar-refractivity contribution in [2.75, 3.05) is 28.4 Å². The fourth-order valence-corrected chi connectivity index (χ4v) is 8.55. The largest absolute Gasteiger partial charge is 0.493 e. The summed E-state index contributed by atoms with van der Waals surface area (Å²) in [5, 5.41) is 3.32. The molecule has 0 aliphatic carbocycles. The average molecular weight is 363 g/mol. The van der Waals surface area contributed by atoms with Gasteiger partial charge in [-0.2, -0.15) is 0 Å². The highest BCUT2D eigenvalue weighted by molar-refractivity contribution is 6.74. The van der Waals surface area contributed by atoms with E-state index in [1.807, 2.05) is 24.3 Å². The van der Waals surface area contributed by atoms with Crippen LogP contribution in [0, 0.1) is 0 Å². The molecule has 0 amide bonds. The van der Waals surface area contributed by atoms with Gasteiger partial charge < -0.3 is 18.9 Å². The van der Waals surface area contributed by atoms with Crippen LogP contribution in [0.3, 0.4) is 0 Å². The molecule has 0 fully saturated rings. The predicted octanol–water partition coefficient (Wildman–Crippen LogP) is 0.775. The summed E-state index contributed by atoms with van der Waals surface area (Å²) in [6, 6.07) is 12.3. The van der Waals surface area contributed by atoms with Gasteiger partial charge in [0.05, 0.1) is 47.5 Å². The van der Waals surface area contributed by atoms with E-state index in [-0.39, 0.29) is 0 Å². The summed E-state index contributed by atoms with van der Waals surface area (Å²) in [5.41, 5.74) is 0. The number of benzene rings is 2. The first-order valence-electron chi connectivity index (χ1n) is 8.04. The molecule has 0 saturated carbocycles. The van der Waals surface area contributed by atoms with E-state index < -0.39 is 19.0 Å². The molecule has 0 radical (unpaired) electrons. The second-order valence-corrected chi connectivity index (χ2v) is 12.1. The van der Waals surface area contributed by atoms with E-state index in [0.717, 1.165) is 23.0 Å². The zero-order valence-corrected chi connectivity index (χ0v) is 17.9. The standard InChI is InChI=1S/C18H26O4Si2/c1-12(23-15-10-6-8-13(19-2)17(15)21-4)24-16-11-7-9-14(20-3)18(16)22-5/h6-12H,23-24H2,1-5H3. The van der Waals surface area contributed by atoms with Crippen molar-refractivity contribution in [1.29, 1.82) is 0 Å². The van der Waals surface area contributed by atoms with E-state index in [0.29, 0.717) is 5.16 Å². The van der Waals surface area contributed by atoms with E-state index in [9.17, 15) is 0 Å². The lowest BCUT2D eigenvalue weighted by molar-refractivity contribution is 0.357. The maximum atomic E-state index is 5.58. The second-order valence-electron chi connectivity index (χ2n) is 5.82. The number of ether oxygens (including phenoxy) is 4. The van der Waals surface area contributed by atoms with Crippen LogP contribution in [0.15, 0.2) is 36.4 Å². The maximum Gasteiger partial charge on any atom is 0.160 e. The molecule has 0 atom stereocenters. The van der Waals surface area contributed by atoms with Gasteiger partial charge in [0.1, 0.15) is 0 Å². The Morgan fingerprint density at radius 2 is 1.08 bits per heavy atom. The Balaban J connectivity index is 2.19. The number of methoxy groups -OCH3 is 4. The minimum atomic E-state index is -0.483. The van der Waals surface area contributed by atoms with Crippen LogP contribution in [0.5, 0.6) is 23.0 Å². The number of hydrogen-bond donors (Lipinski definition) is 0. The first-order valence-corrected chi connectivity index (χ1v) is 11.1. The topological polar surface area (TPSA) is 36.9 Å². The lowest BCUT2D eigenvalue weighted by Crippen LogP contribution is -2.29. The van der Waals surface area contributed by atoms with E-state index in [4.69, 9.17) is 18.9 Å². The Kier molecular flexibility index (Phi) is 6.75. The lowest BCUT2D eigenvalue weighted by Gasteiger charge is -2.17.